The van der Waals surface area contributed by atoms with Crippen LogP contribution in [0.3, 0.4) is 0 Å². The summed E-state index contributed by atoms with van der Waals surface area (Å²) in [6.45, 7) is 3.42. The third-order valence-electron chi connectivity index (χ3n) is 4.27. The molecule has 1 unspecified atom stereocenters. The van der Waals surface area contributed by atoms with Gasteiger partial charge in [-0.05, 0) is 57.7 Å². The van der Waals surface area contributed by atoms with Crippen molar-refractivity contribution in [3.8, 4) is 0 Å². The maximum Gasteiger partial charge on any atom is 0.0291 e. The third kappa shape index (κ3) is 3.82. The van der Waals surface area contributed by atoms with E-state index in [1.807, 2.05) is 0 Å². The van der Waals surface area contributed by atoms with Gasteiger partial charge in [0, 0.05) is 12.1 Å². The Kier molecular flexibility index (Phi) is 5.21. The van der Waals surface area contributed by atoms with E-state index in [1.54, 1.807) is 0 Å². The monoisotopic (exact) mass is 246 g/mol. The van der Waals surface area contributed by atoms with Crippen molar-refractivity contribution in [2.24, 2.45) is 5.92 Å². The summed E-state index contributed by atoms with van der Waals surface area (Å²) in [5, 5.41) is 7.08. The molecule has 2 heteroatoms. The fraction of sp³-hybridized carbons (Fsp3) is 0.625. The van der Waals surface area contributed by atoms with E-state index in [-0.39, 0.29) is 0 Å². The van der Waals surface area contributed by atoms with E-state index < -0.39 is 0 Å². The van der Waals surface area contributed by atoms with Crippen LogP contribution in [0.25, 0.3) is 0 Å². The molecular weight excluding hydrogens is 220 g/mol. The summed E-state index contributed by atoms with van der Waals surface area (Å²) in [4.78, 5) is 0. The van der Waals surface area contributed by atoms with Crippen LogP contribution in [-0.4, -0.2) is 19.6 Å². The molecule has 1 fully saturated rings. The zero-order valence-electron chi connectivity index (χ0n) is 11.7. The van der Waals surface area contributed by atoms with Crippen LogP contribution in [0.15, 0.2) is 30.3 Å². The Morgan fingerprint density at radius 3 is 2.39 bits per heavy atom. The standard InChI is InChI=1S/C16H26N2/c1-13(15-6-4-3-5-7-15)18-12-14-8-10-16(17-2)11-9-14/h3-7,13-14,16-18H,8-12H2,1-2H3. The highest BCUT2D eigenvalue weighted by Gasteiger charge is 2.20. The highest BCUT2D eigenvalue weighted by Crippen LogP contribution is 2.24. The molecule has 0 aromatic heterocycles. The predicted molar refractivity (Wildman–Crippen MR) is 77.7 cm³/mol. The maximum atomic E-state index is 3.68. The van der Waals surface area contributed by atoms with Gasteiger partial charge >= 0.3 is 0 Å². The lowest BCUT2D eigenvalue weighted by Crippen LogP contribution is -2.34. The molecular formula is C16H26N2. The number of hydrogen-bond acceptors (Lipinski definition) is 2. The van der Waals surface area contributed by atoms with Gasteiger partial charge in [-0.2, -0.15) is 0 Å². The molecule has 0 spiro atoms. The zero-order valence-corrected chi connectivity index (χ0v) is 11.7. The van der Waals surface area contributed by atoms with Gasteiger partial charge in [-0.15, -0.1) is 0 Å². The second kappa shape index (κ2) is 6.91. The molecule has 100 valence electrons. The van der Waals surface area contributed by atoms with E-state index >= 15 is 0 Å². The lowest BCUT2D eigenvalue weighted by atomic mass is 9.86. The van der Waals surface area contributed by atoms with Crippen molar-refractivity contribution >= 4 is 0 Å². The Labute approximate surface area is 111 Å². The van der Waals surface area contributed by atoms with Crippen molar-refractivity contribution in [3.63, 3.8) is 0 Å². The third-order valence-corrected chi connectivity index (χ3v) is 4.27. The molecule has 2 rings (SSSR count). The summed E-state index contributed by atoms with van der Waals surface area (Å²) in [5.74, 6) is 0.862. The molecule has 0 amide bonds. The largest absolute Gasteiger partial charge is 0.317 e. The molecule has 1 aromatic rings. The van der Waals surface area contributed by atoms with Crippen molar-refractivity contribution in [2.75, 3.05) is 13.6 Å². The van der Waals surface area contributed by atoms with Crippen molar-refractivity contribution < 1.29 is 0 Å². The first-order valence-electron chi connectivity index (χ1n) is 7.25. The highest BCUT2D eigenvalue weighted by atomic mass is 14.9. The molecule has 2 N–H and O–H groups in total. The Morgan fingerprint density at radius 1 is 1.11 bits per heavy atom. The van der Waals surface area contributed by atoms with E-state index in [4.69, 9.17) is 0 Å². The van der Waals surface area contributed by atoms with Gasteiger partial charge in [0.2, 0.25) is 0 Å². The van der Waals surface area contributed by atoms with Gasteiger partial charge in [-0.3, -0.25) is 0 Å². The van der Waals surface area contributed by atoms with Gasteiger partial charge in [-0.1, -0.05) is 30.3 Å². The number of benzene rings is 1. The van der Waals surface area contributed by atoms with E-state index in [9.17, 15) is 0 Å². The van der Waals surface area contributed by atoms with E-state index in [1.165, 1.54) is 31.2 Å². The van der Waals surface area contributed by atoms with Crippen LogP contribution >= 0.6 is 0 Å². The van der Waals surface area contributed by atoms with Crippen LogP contribution in [0.1, 0.15) is 44.2 Å². The highest BCUT2D eigenvalue weighted by molar-refractivity contribution is 5.17. The molecule has 2 nitrogen and oxygen atoms in total. The van der Waals surface area contributed by atoms with Crippen LogP contribution < -0.4 is 10.6 Å². The Morgan fingerprint density at radius 2 is 1.78 bits per heavy atom. The fourth-order valence-corrected chi connectivity index (χ4v) is 2.86. The van der Waals surface area contributed by atoms with E-state index in [0.717, 1.165) is 18.5 Å². The molecule has 1 atom stereocenters. The number of rotatable bonds is 5. The molecule has 0 heterocycles. The van der Waals surface area contributed by atoms with Crippen LogP contribution in [-0.2, 0) is 0 Å². The maximum absolute atomic E-state index is 3.68. The average Bonchev–Trinajstić information content (AvgIpc) is 2.46. The molecule has 0 saturated heterocycles. The summed E-state index contributed by atoms with van der Waals surface area (Å²) in [7, 11) is 2.08. The van der Waals surface area contributed by atoms with Gasteiger partial charge in [0.05, 0.1) is 0 Å². The topological polar surface area (TPSA) is 24.1 Å². The van der Waals surface area contributed by atoms with E-state index in [0.29, 0.717) is 6.04 Å². The zero-order chi connectivity index (χ0) is 12.8. The van der Waals surface area contributed by atoms with Crippen LogP contribution in [0.2, 0.25) is 0 Å². The quantitative estimate of drug-likeness (QED) is 0.834. The first-order valence-corrected chi connectivity index (χ1v) is 7.25. The van der Waals surface area contributed by atoms with Crippen molar-refractivity contribution in [2.45, 2.75) is 44.7 Å². The minimum Gasteiger partial charge on any atom is -0.317 e. The number of hydrogen-bond donors (Lipinski definition) is 2. The molecule has 1 aliphatic rings. The Balaban J connectivity index is 1.72. The van der Waals surface area contributed by atoms with E-state index in [2.05, 4.69) is 54.9 Å². The van der Waals surface area contributed by atoms with Crippen LogP contribution in [0.4, 0.5) is 0 Å². The molecule has 0 radical (unpaired) electrons. The predicted octanol–water partition coefficient (Wildman–Crippen LogP) is 3.12. The van der Waals surface area contributed by atoms with Gasteiger partial charge in [0.1, 0.15) is 0 Å². The summed E-state index contributed by atoms with van der Waals surface area (Å²) in [5.41, 5.74) is 1.39. The van der Waals surface area contributed by atoms with Gasteiger partial charge in [-0.25, -0.2) is 0 Å². The second-order valence-electron chi connectivity index (χ2n) is 5.55. The van der Waals surface area contributed by atoms with Gasteiger partial charge < -0.3 is 10.6 Å². The Bertz CT molecular complexity index is 328. The molecule has 0 bridgehead atoms. The second-order valence-corrected chi connectivity index (χ2v) is 5.55. The first kappa shape index (κ1) is 13.6. The summed E-state index contributed by atoms with van der Waals surface area (Å²) < 4.78 is 0. The van der Waals surface area contributed by atoms with Crippen molar-refractivity contribution in [3.05, 3.63) is 35.9 Å². The van der Waals surface area contributed by atoms with Crippen LogP contribution in [0.5, 0.6) is 0 Å². The van der Waals surface area contributed by atoms with Crippen LogP contribution in [0, 0.1) is 5.92 Å². The summed E-state index contributed by atoms with van der Waals surface area (Å²) >= 11 is 0. The summed E-state index contributed by atoms with van der Waals surface area (Å²) in [6.07, 6.45) is 5.39. The van der Waals surface area contributed by atoms with Gasteiger partial charge in [0.15, 0.2) is 0 Å². The molecule has 1 aliphatic carbocycles. The molecule has 1 saturated carbocycles. The first-order chi connectivity index (χ1) is 8.79. The smallest absolute Gasteiger partial charge is 0.0291 e. The minimum atomic E-state index is 0.466. The van der Waals surface area contributed by atoms with Crippen molar-refractivity contribution in [1.29, 1.82) is 0 Å². The Hall–Kier alpha value is -0.860. The lowest BCUT2D eigenvalue weighted by Gasteiger charge is -2.29. The average molecular weight is 246 g/mol. The SMILES string of the molecule is CNC1CCC(CNC(C)c2ccccc2)CC1. The van der Waals surface area contributed by atoms with Gasteiger partial charge in [0.25, 0.3) is 0 Å². The molecule has 1 aromatic carbocycles. The van der Waals surface area contributed by atoms with Crippen molar-refractivity contribution in [1.82, 2.24) is 10.6 Å². The minimum absolute atomic E-state index is 0.466. The summed E-state index contributed by atoms with van der Waals surface area (Å²) in [6, 6.07) is 11.9. The lowest BCUT2D eigenvalue weighted by molar-refractivity contribution is 0.286. The molecule has 0 aliphatic heterocycles. The normalized spacial score (nSPS) is 25.9. The number of nitrogens with one attached hydrogen (secondary N) is 2. The molecule has 18 heavy (non-hydrogen) atoms. The fourth-order valence-electron chi connectivity index (χ4n) is 2.86.